The lowest BCUT2D eigenvalue weighted by atomic mass is 9.69. The molecule has 2 aromatic rings. The van der Waals surface area contributed by atoms with E-state index < -0.39 is 11.8 Å². The summed E-state index contributed by atoms with van der Waals surface area (Å²) >= 11 is 0. The number of nitrogens with two attached hydrogens (primary N) is 1. The van der Waals surface area contributed by atoms with Gasteiger partial charge in [0.1, 0.15) is 24.4 Å². The normalized spacial score (nSPS) is 30.4. The molecule has 1 aromatic carbocycles. The van der Waals surface area contributed by atoms with E-state index >= 15 is 0 Å². The molecule has 0 bridgehead atoms. The van der Waals surface area contributed by atoms with Gasteiger partial charge in [-0.25, -0.2) is 4.39 Å². The number of hydrogen-bond donors (Lipinski definition) is 1. The van der Waals surface area contributed by atoms with Gasteiger partial charge in [0.2, 0.25) is 5.88 Å². The highest BCUT2D eigenvalue weighted by atomic mass is 19.1. The molecule has 2 N–H and O–H groups in total. The van der Waals surface area contributed by atoms with E-state index in [1.165, 1.54) is 0 Å². The molecule has 1 aliphatic carbocycles. The Bertz CT molecular complexity index is 1270. The summed E-state index contributed by atoms with van der Waals surface area (Å²) < 4.78 is 32.9. The first-order chi connectivity index (χ1) is 17.9. The topological polar surface area (TPSA) is 107 Å². The highest BCUT2D eigenvalue weighted by Gasteiger charge is 2.50. The fourth-order valence-electron chi connectivity index (χ4n) is 6.99. The van der Waals surface area contributed by atoms with E-state index in [-0.39, 0.29) is 18.2 Å². The smallest absolute Gasteiger partial charge is 0.320 e. The number of hydrogen-bond acceptors (Lipinski definition) is 8. The van der Waals surface area contributed by atoms with Gasteiger partial charge in [-0.3, -0.25) is 4.90 Å². The number of fused-ring (bicyclic) bond motifs is 4. The van der Waals surface area contributed by atoms with Gasteiger partial charge in [-0.2, -0.15) is 15.2 Å². The van der Waals surface area contributed by atoms with Crippen molar-refractivity contribution < 1.29 is 18.6 Å². The van der Waals surface area contributed by atoms with E-state index in [1.807, 2.05) is 19.1 Å². The summed E-state index contributed by atoms with van der Waals surface area (Å²) in [4.78, 5) is 11.6. The molecule has 3 aliphatic heterocycles. The average Bonchev–Trinajstić information content (AvgIpc) is 3.41. The predicted octanol–water partition coefficient (Wildman–Crippen LogP) is 4.15. The van der Waals surface area contributed by atoms with Crippen molar-refractivity contribution in [3.8, 4) is 18.0 Å². The van der Waals surface area contributed by atoms with Gasteiger partial charge in [-0.15, -0.1) is 0 Å². The number of nitriles is 1. The van der Waals surface area contributed by atoms with Crippen LogP contribution >= 0.6 is 0 Å². The van der Waals surface area contributed by atoms with E-state index in [4.69, 9.17) is 24.9 Å². The van der Waals surface area contributed by atoms with Crippen molar-refractivity contribution in [2.24, 2.45) is 0 Å². The minimum absolute atomic E-state index is 0.250. The second-order valence-corrected chi connectivity index (χ2v) is 11.0. The molecule has 4 atom stereocenters. The highest BCUT2D eigenvalue weighted by molar-refractivity contribution is 5.63. The van der Waals surface area contributed by atoms with Crippen molar-refractivity contribution in [1.29, 1.82) is 5.26 Å². The lowest BCUT2D eigenvalue weighted by Gasteiger charge is -2.44. The van der Waals surface area contributed by atoms with Gasteiger partial charge >= 0.3 is 6.01 Å². The number of benzene rings is 1. The zero-order valence-corrected chi connectivity index (χ0v) is 21.6. The second kappa shape index (κ2) is 9.10. The van der Waals surface area contributed by atoms with Crippen LogP contribution in [-0.4, -0.2) is 52.9 Å². The molecule has 6 rings (SSSR count). The Morgan fingerprint density at radius 1 is 1.30 bits per heavy atom. The quantitative estimate of drug-likeness (QED) is 0.602. The summed E-state index contributed by atoms with van der Waals surface area (Å²) in [5.74, 6) is 0.770. The predicted molar refractivity (Wildman–Crippen MR) is 135 cm³/mol. The third-order valence-electron chi connectivity index (χ3n) is 8.84. The van der Waals surface area contributed by atoms with Gasteiger partial charge in [0, 0.05) is 30.6 Å². The number of nitrogens with zero attached hydrogens (tertiary/aromatic N) is 4. The Balaban J connectivity index is 1.36. The number of rotatable bonds is 5. The maximum absolute atomic E-state index is 14.3. The zero-order chi connectivity index (χ0) is 25.8. The SMILES string of the molecule is CCOc1nc(OCC23CCCN2CC(F)C3)nc2c1COC1(CCC(C)c3ccc(N)c(C#N)c31)C2. The van der Waals surface area contributed by atoms with Gasteiger partial charge in [-0.05, 0) is 56.7 Å². The van der Waals surface area contributed by atoms with Crippen LogP contribution in [0.25, 0.3) is 0 Å². The molecule has 9 heteroatoms. The first kappa shape index (κ1) is 24.4. The van der Waals surface area contributed by atoms with E-state index in [0.717, 1.165) is 54.6 Å². The lowest BCUT2D eigenvalue weighted by molar-refractivity contribution is -0.0884. The van der Waals surface area contributed by atoms with Crippen LogP contribution in [0.3, 0.4) is 0 Å². The maximum atomic E-state index is 14.3. The van der Waals surface area contributed by atoms with Crippen LogP contribution in [0.2, 0.25) is 0 Å². The van der Waals surface area contributed by atoms with Crippen LogP contribution in [0.5, 0.6) is 11.9 Å². The maximum Gasteiger partial charge on any atom is 0.320 e. The Morgan fingerprint density at radius 2 is 2.16 bits per heavy atom. The first-order valence-corrected chi connectivity index (χ1v) is 13.4. The fraction of sp³-hybridized carbons (Fsp3) is 0.607. The van der Waals surface area contributed by atoms with E-state index in [2.05, 4.69) is 22.9 Å². The molecule has 1 spiro atoms. The van der Waals surface area contributed by atoms with Crippen molar-refractivity contribution in [1.82, 2.24) is 14.9 Å². The molecular weight excluding hydrogens is 473 g/mol. The molecule has 37 heavy (non-hydrogen) atoms. The Kier molecular flexibility index (Phi) is 6.00. The van der Waals surface area contributed by atoms with E-state index in [1.54, 1.807) is 0 Å². The second-order valence-electron chi connectivity index (χ2n) is 11.0. The molecule has 0 saturated carbocycles. The van der Waals surface area contributed by atoms with Gasteiger partial charge < -0.3 is 19.9 Å². The standard InChI is InChI=1S/C28H34FN5O3/c1-3-35-25-21-15-37-28(9-7-17(2)19-5-6-22(31)20(13-30)24(19)28)12-23(21)32-26(33-25)36-16-27-8-4-10-34(27)14-18(29)11-27/h5-6,17-18H,3-4,7-12,14-16,31H2,1-2H3. The molecule has 196 valence electrons. The van der Waals surface area contributed by atoms with Gasteiger partial charge in [0.05, 0.1) is 35.6 Å². The summed E-state index contributed by atoms with van der Waals surface area (Å²) in [6.07, 6.45) is 3.81. The highest BCUT2D eigenvalue weighted by Crippen LogP contribution is 2.51. The number of aromatic nitrogens is 2. The summed E-state index contributed by atoms with van der Waals surface area (Å²) in [6.45, 7) is 6.55. The molecule has 4 aliphatic rings. The number of nitrogen functional groups attached to an aromatic ring is 1. The number of alkyl halides is 1. The Morgan fingerprint density at radius 3 is 2.97 bits per heavy atom. The summed E-state index contributed by atoms with van der Waals surface area (Å²) in [5.41, 5.74) is 9.84. The van der Waals surface area contributed by atoms with Crippen molar-refractivity contribution in [3.05, 3.63) is 40.1 Å². The summed E-state index contributed by atoms with van der Waals surface area (Å²) in [5, 5.41) is 10.0. The Hall–Kier alpha value is -2.96. The molecule has 2 fully saturated rings. The number of halogens is 1. The van der Waals surface area contributed by atoms with Gasteiger partial charge in [0.25, 0.3) is 0 Å². The van der Waals surface area contributed by atoms with Crippen LogP contribution < -0.4 is 15.2 Å². The van der Waals surface area contributed by atoms with Crippen LogP contribution in [0.1, 0.15) is 79.8 Å². The number of ether oxygens (including phenoxy) is 3. The van der Waals surface area contributed by atoms with Gasteiger partial charge in [0.15, 0.2) is 0 Å². The molecule has 8 nitrogen and oxygen atoms in total. The van der Waals surface area contributed by atoms with Crippen molar-refractivity contribution >= 4 is 5.69 Å². The van der Waals surface area contributed by atoms with Crippen molar-refractivity contribution in [2.75, 3.05) is 32.0 Å². The van der Waals surface area contributed by atoms with E-state index in [9.17, 15) is 9.65 Å². The summed E-state index contributed by atoms with van der Waals surface area (Å²) in [6, 6.07) is 6.44. The van der Waals surface area contributed by atoms with Crippen molar-refractivity contribution in [2.45, 2.75) is 82.2 Å². The summed E-state index contributed by atoms with van der Waals surface area (Å²) in [7, 11) is 0. The molecule has 0 amide bonds. The third-order valence-corrected chi connectivity index (χ3v) is 8.84. The number of anilines is 1. The minimum Gasteiger partial charge on any atom is -0.478 e. The Labute approximate surface area is 216 Å². The van der Waals surface area contributed by atoms with Crippen LogP contribution in [-0.2, 0) is 23.4 Å². The molecule has 2 saturated heterocycles. The largest absolute Gasteiger partial charge is 0.478 e. The monoisotopic (exact) mass is 507 g/mol. The first-order valence-electron chi connectivity index (χ1n) is 13.4. The molecular formula is C28H34FN5O3. The van der Waals surface area contributed by atoms with Crippen LogP contribution in [0, 0.1) is 11.3 Å². The zero-order valence-electron chi connectivity index (χ0n) is 21.6. The van der Waals surface area contributed by atoms with Crippen LogP contribution in [0.15, 0.2) is 12.1 Å². The van der Waals surface area contributed by atoms with Crippen LogP contribution in [0.4, 0.5) is 10.1 Å². The minimum atomic E-state index is -0.820. The van der Waals surface area contributed by atoms with Gasteiger partial charge in [-0.1, -0.05) is 13.0 Å². The molecule has 1 aromatic heterocycles. The molecule has 4 heterocycles. The molecule has 0 radical (unpaired) electrons. The third kappa shape index (κ3) is 3.93. The molecule has 4 unspecified atom stereocenters. The van der Waals surface area contributed by atoms with Crippen molar-refractivity contribution in [3.63, 3.8) is 0 Å². The fourth-order valence-corrected chi connectivity index (χ4v) is 6.99. The average molecular weight is 508 g/mol. The van der Waals surface area contributed by atoms with E-state index in [0.29, 0.717) is 55.6 Å². The lowest BCUT2D eigenvalue weighted by Crippen LogP contribution is -2.44.